The fraction of sp³-hybridized carbons (Fsp3) is 1.00. The van der Waals surface area contributed by atoms with E-state index < -0.39 is 0 Å². The lowest BCUT2D eigenvalue weighted by Crippen LogP contribution is -2.29. The van der Waals surface area contributed by atoms with Crippen molar-refractivity contribution in [1.29, 1.82) is 0 Å². The molecule has 0 fully saturated rings. The van der Waals surface area contributed by atoms with Crippen molar-refractivity contribution in [3.8, 4) is 0 Å². The molecular formula is C14H31NO2. The van der Waals surface area contributed by atoms with E-state index in [9.17, 15) is 0 Å². The summed E-state index contributed by atoms with van der Waals surface area (Å²) in [6.07, 6.45) is 5.54. The maximum absolute atomic E-state index is 5.47. The second-order valence-corrected chi connectivity index (χ2v) is 4.88. The number of hydrogen-bond donors (Lipinski definition) is 1. The Morgan fingerprint density at radius 2 is 1.76 bits per heavy atom. The molecule has 0 aliphatic rings. The standard InChI is InChI=1S/C14H31NO2/c1-5-6-7-8-14(4)15-9-10-16-11-12-17-13(2)3/h13-15H,5-12H2,1-4H3. The number of ether oxygens (including phenoxy) is 2. The zero-order valence-electron chi connectivity index (χ0n) is 12.1. The van der Waals surface area contributed by atoms with Gasteiger partial charge in [-0.15, -0.1) is 0 Å². The molecule has 1 unspecified atom stereocenters. The lowest BCUT2D eigenvalue weighted by Gasteiger charge is -2.13. The first-order valence-corrected chi connectivity index (χ1v) is 7.09. The predicted octanol–water partition coefficient (Wildman–Crippen LogP) is 2.99. The fourth-order valence-electron chi connectivity index (χ4n) is 1.62. The number of nitrogens with one attached hydrogen (secondary N) is 1. The molecule has 0 bridgehead atoms. The van der Waals surface area contributed by atoms with E-state index >= 15 is 0 Å². The van der Waals surface area contributed by atoms with Gasteiger partial charge in [-0.1, -0.05) is 26.2 Å². The van der Waals surface area contributed by atoms with Gasteiger partial charge < -0.3 is 14.8 Å². The van der Waals surface area contributed by atoms with Crippen LogP contribution in [0.5, 0.6) is 0 Å². The summed E-state index contributed by atoms with van der Waals surface area (Å²) in [5, 5.41) is 3.48. The van der Waals surface area contributed by atoms with Crippen LogP contribution in [0.1, 0.15) is 53.4 Å². The van der Waals surface area contributed by atoms with E-state index in [0.29, 0.717) is 25.4 Å². The van der Waals surface area contributed by atoms with Crippen LogP contribution < -0.4 is 5.32 Å². The molecule has 0 aliphatic carbocycles. The minimum atomic E-state index is 0.301. The van der Waals surface area contributed by atoms with Crippen molar-refractivity contribution < 1.29 is 9.47 Å². The van der Waals surface area contributed by atoms with Gasteiger partial charge in [0.05, 0.1) is 25.9 Å². The summed E-state index contributed by atoms with van der Waals surface area (Å²) in [5.41, 5.74) is 0. The molecule has 1 N–H and O–H groups in total. The Bertz CT molecular complexity index is 151. The zero-order chi connectivity index (χ0) is 12.9. The highest BCUT2D eigenvalue weighted by atomic mass is 16.5. The van der Waals surface area contributed by atoms with Crippen molar-refractivity contribution in [2.45, 2.75) is 65.5 Å². The van der Waals surface area contributed by atoms with Gasteiger partial charge in [-0.2, -0.15) is 0 Å². The lowest BCUT2D eigenvalue weighted by molar-refractivity contribution is 0.0201. The fourth-order valence-corrected chi connectivity index (χ4v) is 1.62. The number of rotatable bonds is 12. The van der Waals surface area contributed by atoms with Crippen LogP contribution in [0.2, 0.25) is 0 Å². The van der Waals surface area contributed by atoms with Crippen molar-refractivity contribution in [3.05, 3.63) is 0 Å². The van der Waals surface area contributed by atoms with Crippen molar-refractivity contribution in [2.24, 2.45) is 0 Å². The molecule has 17 heavy (non-hydrogen) atoms. The molecule has 104 valence electrons. The molecule has 0 radical (unpaired) electrons. The van der Waals surface area contributed by atoms with Crippen LogP contribution in [0, 0.1) is 0 Å². The molecule has 0 saturated carbocycles. The molecule has 0 spiro atoms. The minimum absolute atomic E-state index is 0.301. The van der Waals surface area contributed by atoms with Crippen LogP contribution in [0.4, 0.5) is 0 Å². The Morgan fingerprint density at radius 3 is 2.41 bits per heavy atom. The van der Waals surface area contributed by atoms with Gasteiger partial charge in [0.2, 0.25) is 0 Å². The van der Waals surface area contributed by atoms with Gasteiger partial charge in [0.15, 0.2) is 0 Å². The SMILES string of the molecule is CCCCCC(C)NCCOCCOC(C)C. The third kappa shape index (κ3) is 13.8. The third-order valence-electron chi connectivity index (χ3n) is 2.66. The molecule has 0 aromatic heterocycles. The van der Waals surface area contributed by atoms with Gasteiger partial charge in [-0.3, -0.25) is 0 Å². The first kappa shape index (κ1) is 16.9. The zero-order valence-corrected chi connectivity index (χ0v) is 12.1. The van der Waals surface area contributed by atoms with Gasteiger partial charge in [0.25, 0.3) is 0 Å². The lowest BCUT2D eigenvalue weighted by atomic mass is 10.1. The molecule has 0 aliphatic heterocycles. The second-order valence-electron chi connectivity index (χ2n) is 4.88. The minimum Gasteiger partial charge on any atom is -0.378 e. The maximum atomic E-state index is 5.47. The van der Waals surface area contributed by atoms with Crippen LogP contribution in [0.15, 0.2) is 0 Å². The first-order chi connectivity index (χ1) is 8.16. The molecule has 0 aromatic rings. The van der Waals surface area contributed by atoms with Crippen LogP contribution in [0.3, 0.4) is 0 Å². The average Bonchev–Trinajstić information content (AvgIpc) is 2.28. The van der Waals surface area contributed by atoms with E-state index in [4.69, 9.17) is 9.47 Å². The topological polar surface area (TPSA) is 30.5 Å². The Kier molecular flexibility index (Phi) is 12.3. The van der Waals surface area contributed by atoms with Crippen molar-refractivity contribution in [1.82, 2.24) is 5.32 Å². The summed E-state index contributed by atoms with van der Waals surface area (Å²) in [4.78, 5) is 0. The molecule has 0 heterocycles. The highest BCUT2D eigenvalue weighted by Crippen LogP contribution is 2.02. The van der Waals surface area contributed by atoms with E-state index in [-0.39, 0.29) is 0 Å². The van der Waals surface area contributed by atoms with Gasteiger partial charge >= 0.3 is 0 Å². The van der Waals surface area contributed by atoms with Gasteiger partial charge in [-0.25, -0.2) is 0 Å². The number of hydrogen-bond acceptors (Lipinski definition) is 3. The van der Waals surface area contributed by atoms with Crippen LogP contribution >= 0.6 is 0 Å². The third-order valence-corrected chi connectivity index (χ3v) is 2.66. The first-order valence-electron chi connectivity index (χ1n) is 7.09. The molecule has 3 heteroatoms. The van der Waals surface area contributed by atoms with Crippen LogP contribution in [-0.4, -0.2) is 38.5 Å². The highest BCUT2D eigenvalue weighted by molar-refractivity contribution is 4.59. The number of unbranched alkanes of at least 4 members (excludes halogenated alkanes) is 2. The molecule has 3 nitrogen and oxygen atoms in total. The summed E-state index contributed by atoms with van der Waals surface area (Å²) in [7, 11) is 0. The quantitative estimate of drug-likeness (QED) is 0.536. The molecule has 0 saturated heterocycles. The van der Waals surface area contributed by atoms with Crippen molar-refractivity contribution >= 4 is 0 Å². The van der Waals surface area contributed by atoms with Crippen LogP contribution in [-0.2, 0) is 9.47 Å². The Hall–Kier alpha value is -0.120. The predicted molar refractivity (Wildman–Crippen MR) is 73.5 cm³/mol. The van der Waals surface area contributed by atoms with Crippen molar-refractivity contribution in [2.75, 3.05) is 26.4 Å². The van der Waals surface area contributed by atoms with E-state index in [1.165, 1.54) is 25.7 Å². The molecule has 1 atom stereocenters. The summed E-state index contributed by atoms with van der Waals surface area (Å²) < 4.78 is 10.9. The van der Waals surface area contributed by atoms with Crippen LogP contribution in [0.25, 0.3) is 0 Å². The molecule has 0 rings (SSSR count). The highest BCUT2D eigenvalue weighted by Gasteiger charge is 2.00. The van der Waals surface area contributed by atoms with E-state index in [0.717, 1.165) is 13.2 Å². The monoisotopic (exact) mass is 245 g/mol. The summed E-state index contributed by atoms with van der Waals surface area (Å²) in [6.45, 7) is 11.7. The average molecular weight is 245 g/mol. The molecule has 0 amide bonds. The van der Waals surface area contributed by atoms with Crippen molar-refractivity contribution in [3.63, 3.8) is 0 Å². The summed E-state index contributed by atoms with van der Waals surface area (Å²) in [6, 6.07) is 0.608. The Balaban J connectivity index is 3.11. The summed E-state index contributed by atoms with van der Waals surface area (Å²) >= 11 is 0. The van der Waals surface area contributed by atoms with E-state index in [2.05, 4.69) is 19.2 Å². The largest absolute Gasteiger partial charge is 0.378 e. The Morgan fingerprint density at radius 1 is 1.00 bits per heavy atom. The second kappa shape index (κ2) is 12.3. The summed E-state index contributed by atoms with van der Waals surface area (Å²) in [5.74, 6) is 0. The normalized spacial score (nSPS) is 13.2. The smallest absolute Gasteiger partial charge is 0.0703 e. The Labute approximate surface area is 107 Å². The molecule has 0 aromatic carbocycles. The van der Waals surface area contributed by atoms with Gasteiger partial charge in [0.1, 0.15) is 0 Å². The van der Waals surface area contributed by atoms with Gasteiger partial charge in [0, 0.05) is 12.6 Å². The maximum Gasteiger partial charge on any atom is 0.0703 e. The van der Waals surface area contributed by atoms with Gasteiger partial charge in [-0.05, 0) is 27.2 Å². The molecular weight excluding hydrogens is 214 g/mol. The van der Waals surface area contributed by atoms with E-state index in [1.54, 1.807) is 0 Å². The van der Waals surface area contributed by atoms with E-state index in [1.807, 2.05) is 13.8 Å².